The fourth-order valence-electron chi connectivity index (χ4n) is 5.30. The van der Waals surface area contributed by atoms with Crippen LogP contribution >= 0.6 is 11.6 Å². The first-order valence-electron chi connectivity index (χ1n) is 10.2. The maximum absolute atomic E-state index is 13.7. The van der Waals surface area contributed by atoms with Gasteiger partial charge >= 0.3 is 0 Å². The molecule has 4 atom stereocenters. The summed E-state index contributed by atoms with van der Waals surface area (Å²) in [5.41, 5.74) is -0.521. The number of nitro benzene ring substituents is 1. The molecule has 3 amide bonds. The number of benzene rings is 2. The number of para-hydroxylation sites is 1. The van der Waals surface area contributed by atoms with Crippen molar-refractivity contribution in [3.63, 3.8) is 0 Å². The minimum atomic E-state index is -1.39. The Kier molecular flexibility index (Phi) is 4.41. The number of hydrogen-bond donors (Lipinski definition) is 2. The summed E-state index contributed by atoms with van der Waals surface area (Å²) >= 11 is 5.91. The maximum Gasteiger partial charge on any atom is 0.289 e. The number of nitro groups is 1. The zero-order valence-corrected chi connectivity index (χ0v) is 17.9. The van der Waals surface area contributed by atoms with Crippen LogP contribution in [0.5, 0.6) is 0 Å². The first-order valence-corrected chi connectivity index (χ1v) is 10.6. The van der Waals surface area contributed by atoms with Crippen molar-refractivity contribution in [2.45, 2.75) is 25.4 Å². The van der Waals surface area contributed by atoms with Crippen molar-refractivity contribution < 1.29 is 19.3 Å². The van der Waals surface area contributed by atoms with Gasteiger partial charge in [0.1, 0.15) is 10.6 Å². The molecular formula is C22H19ClN4O5. The zero-order valence-electron chi connectivity index (χ0n) is 17.2. The van der Waals surface area contributed by atoms with Crippen LogP contribution in [-0.2, 0) is 19.9 Å². The molecule has 1 spiro atoms. The van der Waals surface area contributed by atoms with Crippen LogP contribution in [0.15, 0.2) is 42.5 Å². The van der Waals surface area contributed by atoms with E-state index in [1.165, 1.54) is 12.1 Å². The largest absolute Gasteiger partial charge is 0.324 e. The molecule has 32 heavy (non-hydrogen) atoms. The topological polar surface area (TPSA) is 122 Å². The lowest BCUT2D eigenvalue weighted by atomic mass is 9.76. The van der Waals surface area contributed by atoms with E-state index >= 15 is 0 Å². The van der Waals surface area contributed by atoms with Gasteiger partial charge < -0.3 is 5.32 Å². The van der Waals surface area contributed by atoms with E-state index < -0.39 is 45.8 Å². The van der Waals surface area contributed by atoms with E-state index in [9.17, 15) is 24.5 Å². The van der Waals surface area contributed by atoms with Gasteiger partial charge in [-0.2, -0.15) is 0 Å². The first kappa shape index (κ1) is 20.6. The second kappa shape index (κ2) is 6.85. The molecule has 2 N–H and O–H groups in total. The number of imide groups is 1. The van der Waals surface area contributed by atoms with E-state index in [1.54, 1.807) is 24.3 Å². The Labute approximate surface area is 187 Å². The summed E-state index contributed by atoms with van der Waals surface area (Å²) in [5, 5.41) is 17.4. The number of halogens is 1. The second-order valence-electron chi connectivity index (χ2n) is 8.63. The predicted molar refractivity (Wildman–Crippen MR) is 116 cm³/mol. The van der Waals surface area contributed by atoms with Gasteiger partial charge in [0.2, 0.25) is 17.7 Å². The van der Waals surface area contributed by atoms with E-state index in [0.717, 1.165) is 11.0 Å². The van der Waals surface area contributed by atoms with Crippen molar-refractivity contribution >= 4 is 46.4 Å². The smallest absolute Gasteiger partial charge is 0.289 e. The summed E-state index contributed by atoms with van der Waals surface area (Å²) in [4.78, 5) is 52.2. The molecule has 2 aromatic carbocycles. The number of fused-ring (bicyclic) bond motifs is 4. The molecule has 3 heterocycles. The Morgan fingerprint density at radius 1 is 1.12 bits per heavy atom. The highest BCUT2D eigenvalue weighted by atomic mass is 35.5. The molecular weight excluding hydrogens is 436 g/mol. The van der Waals surface area contributed by atoms with Crippen LogP contribution in [0.4, 0.5) is 17.1 Å². The Balaban J connectivity index is 1.68. The van der Waals surface area contributed by atoms with Gasteiger partial charge in [-0.05, 0) is 24.1 Å². The third-order valence-electron chi connectivity index (χ3n) is 6.66. The van der Waals surface area contributed by atoms with E-state index in [2.05, 4.69) is 10.6 Å². The minimum absolute atomic E-state index is 0.0568. The van der Waals surface area contributed by atoms with Crippen molar-refractivity contribution in [3.8, 4) is 0 Å². The number of rotatable bonds is 3. The highest BCUT2D eigenvalue weighted by Gasteiger charge is 2.71. The molecule has 0 aromatic heterocycles. The van der Waals surface area contributed by atoms with Gasteiger partial charge in [0.25, 0.3) is 5.69 Å². The van der Waals surface area contributed by atoms with Crippen LogP contribution in [0.2, 0.25) is 5.02 Å². The number of carbonyl (C=O) groups is 3. The van der Waals surface area contributed by atoms with Crippen LogP contribution in [0.1, 0.15) is 19.4 Å². The molecule has 10 heteroatoms. The molecule has 164 valence electrons. The predicted octanol–water partition coefficient (Wildman–Crippen LogP) is 2.83. The molecule has 5 rings (SSSR count). The number of carbonyl (C=O) groups excluding carboxylic acids is 3. The molecule has 0 aliphatic carbocycles. The lowest BCUT2D eigenvalue weighted by Crippen LogP contribution is -2.54. The van der Waals surface area contributed by atoms with E-state index in [0.29, 0.717) is 11.3 Å². The number of anilines is 2. The lowest BCUT2D eigenvalue weighted by molar-refractivity contribution is -0.384. The van der Waals surface area contributed by atoms with Gasteiger partial charge in [-0.25, -0.2) is 4.90 Å². The molecule has 2 saturated heterocycles. The van der Waals surface area contributed by atoms with Crippen molar-refractivity contribution in [1.82, 2.24) is 5.32 Å². The Bertz CT molecular complexity index is 1210. The average molecular weight is 455 g/mol. The summed E-state index contributed by atoms with van der Waals surface area (Å²) in [5.74, 6) is -3.29. The summed E-state index contributed by atoms with van der Waals surface area (Å²) in [6.45, 7) is 3.83. The van der Waals surface area contributed by atoms with Crippen LogP contribution < -0.4 is 15.5 Å². The minimum Gasteiger partial charge on any atom is -0.324 e. The van der Waals surface area contributed by atoms with Gasteiger partial charge in [0.05, 0.1) is 22.4 Å². The molecule has 9 nitrogen and oxygen atoms in total. The SMILES string of the molecule is CC(C)[C@@H]1N[C@]2(C(=O)Nc3ccccc32)[C@H]2C(=O)N(c3ccc(Cl)c([N+](=O)[O-])c3)C(=O)[C@@H]12. The van der Waals surface area contributed by atoms with Gasteiger partial charge in [-0.1, -0.05) is 43.6 Å². The standard InChI is InChI=1S/C22H19ClN4O5/c1-10(2)18-16-17(22(25-18)12-5-3-4-6-14(12)24-21(22)30)20(29)26(19(16)28)11-7-8-13(23)15(9-11)27(31)32/h3-10,16-18,25H,1-2H3,(H,24,30)/t16-,17-,18+,22+/m1/s1. The number of amides is 3. The van der Waals surface area contributed by atoms with Crippen molar-refractivity contribution in [3.05, 3.63) is 63.2 Å². The Morgan fingerprint density at radius 3 is 2.53 bits per heavy atom. The fraction of sp³-hybridized carbons (Fsp3) is 0.318. The normalized spacial score (nSPS) is 28.4. The number of hydrogen-bond acceptors (Lipinski definition) is 6. The van der Waals surface area contributed by atoms with Gasteiger partial charge in [0, 0.05) is 23.4 Å². The van der Waals surface area contributed by atoms with Crippen molar-refractivity contribution in [2.75, 3.05) is 10.2 Å². The van der Waals surface area contributed by atoms with Gasteiger partial charge in [0.15, 0.2) is 0 Å². The van der Waals surface area contributed by atoms with E-state index in [4.69, 9.17) is 11.6 Å². The highest BCUT2D eigenvalue weighted by Crippen LogP contribution is 2.54. The molecule has 2 fully saturated rings. The molecule has 0 unspecified atom stereocenters. The van der Waals surface area contributed by atoms with Crippen LogP contribution in [0.3, 0.4) is 0 Å². The quantitative estimate of drug-likeness (QED) is 0.418. The number of nitrogens with zero attached hydrogens (tertiary/aromatic N) is 2. The maximum atomic E-state index is 13.7. The molecule has 0 saturated carbocycles. The van der Waals surface area contributed by atoms with Gasteiger partial charge in [-0.15, -0.1) is 0 Å². The molecule has 2 aromatic rings. The molecule has 3 aliphatic rings. The Morgan fingerprint density at radius 2 is 1.84 bits per heavy atom. The van der Waals surface area contributed by atoms with Gasteiger partial charge in [-0.3, -0.25) is 29.8 Å². The van der Waals surface area contributed by atoms with Crippen molar-refractivity contribution in [1.29, 1.82) is 0 Å². The second-order valence-corrected chi connectivity index (χ2v) is 9.04. The third kappa shape index (κ3) is 2.52. The van der Waals surface area contributed by atoms with Crippen LogP contribution in [-0.4, -0.2) is 28.7 Å². The average Bonchev–Trinajstić information content (AvgIpc) is 3.34. The summed E-state index contributed by atoms with van der Waals surface area (Å²) in [6.07, 6.45) is 0. The first-order chi connectivity index (χ1) is 15.2. The van der Waals surface area contributed by atoms with E-state index in [1.807, 2.05) is 13.8 Å². The monoisotopic (exact) mass is 454 g/mol. The summed E-state index contributed by atoms with van der Waals surface area (Å²) in [6, 6.07) is 10.4. The molecule has 0 radical (unpaired) electrons. The third-order valence-corrected chi connectivity index (χ3v) is 6.98. The van der Waals surface area contributed by atoms with E-state index in [-0.39, 0.29) is 22.5 Å². The van der Waals surface area contributed by atoms with Crippen molar-refractivity contribution in [2.24, 2.45) is 17.8 Å². The molecule has 3 aliphatic heterocycles. The zero-order chi connectivity index (χ0) is 22.9. The summed E-state index contributed by atoms with van der Waals surface area (Å²) < 4.78 is 0. The Hall–Kier alpha value is -3.30. The summed E-state index contributed by atoms with van der Waals surface area (Å²) in [7, 11) is 0. The molecule has 0 bridgehead atoms. The highest BCUT2D eigenvalue weighted by molar-refractivity contribution is 6.33. The van der Waals surface area contributed by atoms with Crippen LogP contribution in [0.25, 0.3) is 0 Å². The lowest BCUT2D eigenvalue weighted by Gasteiger charge is -2.30. The van der Waals surface area contributed by atoms with Crippen LogP contribution in [0, 0.1) is 27.9 Å². The number of nitrogens with one attached hydrogen (secondary N) is 2. The fourth-order valence-corrected chi connectivity index (χ4v) is 5.48.